The molecule has 1 aliphatic carbocycles. The Kier molecular flexibility index (Phi) is 4.45. The lowest BCUT2D eigenvalue weighted by atomic mass is 9.96. The number of hydrogen-bond acceptors (Lipinski definition) is 1. The van der Waals surface area contributed by atoms with E-state index >= 15 is 0 Å². The Morgan fingerprint density at radius 2 is 1.72 bits per heavy atom. The van der Waals surface area contributed by atoms with Crippen LogP contribution in [0.15, 0.2) is 24.3 Å². The number of nitrogens with one attached hydrogen (secondary N) is 1. The minimum absolute atomic E-state index is 0.571. The Morgan fingerprint density at radius 1 is 1.17 bits per heavy atom. The van der Waals surface area contributed by atoms with Crippen LogP contribution in [0, 0.1) is 11.8 Å². The van der Waals surface area contributed by atoms with Crippen molar-refractivity contribution < 1.29 is 0 Å². The summed E-state index contributed by atoms with van der Waals surface area (Å²) in [6.07, 6.45) is 2.59. The molecule has 0 spiro atoms. The molecule has 3 atom stereocenters. The smallest absolute Gasteiger partial charge is 0.0351 e. The first-order valence-electron chi connectivity index (χ1n) is 7.46. The number of rotatable bonds is 6. The Labute approximate surface area is 112 Å². The molecule has 0 heterocycles. The third kappa shape index (κ3) is 3.14. The molecule has 1 aromatic rings. The molecule has 2 rings (SSSR count). The van der Waals surface area contributed by atoms with Crippen molar-refractivity contribution in [3.63, 3.8) is 0 Å². The molecule has 0 aromatic heterocycles. The zero-order valence-corrected chi connectivity index (χ0v) is 12.2. The molecule has 1 aliphatic rings. The van der Waals surface area contributed by atoms with Gasteiger partial charge in [-0.3, -0.25) is 0 Å². The topological polar surface area (TPSA) is 12.0 Å². The van der Waals surface area contributed by atoms with E-state index in [4.69, 9.17) is 0 Å². The van der Waals surface area contributed by atoms with Gasteiger partial charge in [0, 0.05) is 6.04 Å². The molecule has 0 saturated heterocycles. The first kappa shape index (κ1) is 13.6. The summed E-state index contributed by atoms with van der Waals surface area (Å²) in [6, 6.07) is 9.82. The summed E-state index contributed by atoms with van der Waals surface area (Å²) >= 11 is 0. The quantitative estimate of drug-likeness (QED) is 0.777. The van der Waals surface area contributed by atoms with Gasteiger partial charge in [0.25, 0.3) is 0 Å². The maximum Gasteiger partial charge on any atom is 0.0351 e. The van der Waals surface area contributed by atoms with E-state index in [9.17, 15) is 0 Å². The zero-order chi connectivity index (χ0) is 13.1. The van der Waals surface area contributed by atoms with Crippen LogP contribution < -0.4 is 5.32 Å². The Balaban J connectivity index is 2.09. The number of hydrogen-bond donors (Lipinski definition) is 1. The molecule has 18 heavy (non-hydrogen) atoms. The van der Waals surface area contributed by atoms with E-state index in [-0.39, 0.29) is 0 Å². The molecule has 0 radical (unpaired) electrons. The van der Waals surface area contributed by atoms with Crippen molar-refractivity contribution in [2.75, 3.05) is 6.54 Å². The minimum Gasteiger partial charge on any atom is -0.310 e. The van der Waals surface area contributed by atoms with Gasteiger partial charge in [-0.1, -0.05) is 52.0 Å². The maximum absolute atomic E-state index is 3.73. The fraction of sp³-hybridized carbons (Fsp3) is 0.647. The highest BCUT2D eigenvalue weighted by atomic mass is 14.9. The van der Waals surface area contributed by atoms with Crippen LogP contribution in [0.2, 0.25) is 0 Å². The third-order valence-electron chi connectivity index (χ3n) is 4.18. The van der Waals surface area contributed by atoms with Gasteiger partial charge in [-0.25, -0.2) is 0 Å². The van der Waals surface area contributed by atoms with Gasteiger partial charge in [-0.05, 0) is 48.3 Å². The fourth-order valence-corrected chi connectivity index (χ4v) is 2.72. The van der Waals surface area contributed by atoms with Crippen LogP contribution >= 0.6 is 0 Å². The van der Waals surface area contributed by atoms with Crippen LogP contribution in [0.5, 0.6) is 0 Å². The van der Waals surface area contributed by atoms with Crippen molar-refractivity contribution in [1.29, 1.82) is 0 Å². The molecule has 1 saturated carbocycles. The Hall–Kier alpha value is -0.820. The van der Waals surface area contributed by atoms with Gasteiger partial charge in [0.15, 0.2) is 0 Å². The van der Waals surface area contributed by atoms with Gasteiger partial charge >= 0.3 is 0 Å². The molecule has 100 valence electrons. The second-order valence-electron chi connectivity index (χ2n) is 6.13. The lowest BCUT2D eigenvalue weighted by molar-refractivity contribution is 0.463. The molecule has 1 N–H and O–H groups in total. The molecule has 0 amide bonds. The van der Waals surface area contributed by atoms with Crippen molar-refractivity contribution in [2.45, 2.75) is 52.5 Å². The van der Waals surface area contributed by atoms with E-state index in [1.807, 2.05) is 0 Å². The first-order chi connectivity index (χ1) is 8.63. The summed E-state index contributed by atoms with van der Waals surface area (Å²) < 4.78 is 0. The van der Waals surface area contributed by atoms with E-state index in [1.54, 1.807) is 0 Å². The van der Waals surface area contributed by atoms with Gasteiger partial charge in [-0.15, -0.1) is 0 Å². The molecule has 1 aromatic carbocycles. The summed E-state index contributed by atoms with van der Waals surface area (Å²) in [5.41, 5.74) is 2.92. The summed E-state index contributed by atoms with van der Waals surface area (Å²) in [6.45, 7) is 10.2. The molecular formula is C17H27N. The van der Waals surface area contributed by atoms with Gasteiger partial charge in [0.05, 0.1) is 0 Å². The van der Waals surface area contributed by atoms with E-state index in [0.29, 0.717) is 12.0 Å². The molecular weight excluding hydrogens is 218 g/mol. The highest BCUT2D eigenvalue weighted by Gasteiger charge is 2.39. The molecule has 1 nitrogen and oxygen atoms in total. The molecule has 0 bridgehead atoms. The molecule has 0 aliphatic heterocycles. The SMILES string of the molecule is CCCNC(c1ccc(C(C)C)cc1)C1CC1C. The van der Waals surface area contributed by atoms with Crippen LogP contribution in [-0.4, -0.2) is 6.54 Å². The summed E-state index contributed by atoms with van der Waals surface area (Å²) in [5, 5.41) is 3.73. The summed E-state index contributed by atoms with van der Waals surface area (Å²) in [4.78, 5) is 0. The standard InChI is InChI=1S/C17H27N/c1-5-10-18-17(16-11-13(16)4)15-8-6-14(7-9-15)12(2)3/h6-9,12-13,16-18H,5,10-11H2,1-4H3. The predicted molar refractivity (Wildman–Crippen MR) is 78.8 cm³/mol. The van der Waals surface area contributed by atoms with Crippen molar-refractivity contribution in [1.82, 2.24) is 5.32 Å². The lowest BCUT2D eigenvalue weighted by Crippen LogP contribution is -2.24. The highest BCUT2D eigenvalue weighted by Crippen LogP contribution is 2.47. The van der Waals surface area contributed by atoms with Crippen LogP contribution in [0.3, 0.4) is 0 Å². The zero-order valence-electron chi connectivity index (χ0n) is 12.2. The molecule has 1 heteroatoms. The van der Waals surface area contributed by atoms with E-state index < -0.39 is 0 Å². The molecule has 1 fully saturated rings. The Bertz CT molecular complexity index is 366. The van der Waals surface area contributed by atoms with Crippen LogP contribution in [0.1, 0.15) is 63.6 Å². The van der Waals surface area contributed by atoms with Crippen LogP contribution in [-0.2, 0) is 0 Å². The normalized spacial score (nSPS) is 24.3. The minimum atomic E-state index is 0.571. The van der Waals surface area contributed by atoms with E-state index in [2.05, 4.69) is 57.3 Å². The van der Waals surface area contributed by atoms with E-state index in [0.717, 1.165) is 18.4 Å². The third-order valence-corrected chi connectivity index (χ3v) is 4.18. The Morgan fingerprint density at radius 3 is 2.17 bits per heavy atom. The maximum atomic E-state index is 3.73. The lowest BCUT2D eigenvalue weighted by Gasteiger charge is -2.20. The van der Waals surface area contributed by atoms with Crippen molar-refractivity contribution in [3.05, 3.63) is 35.4 Å². The average molecular weight is 245 g/mol. The first-order valence-corrected chi connectivity index (χ1v) is 7.46. The van der Waals surface area contributed by atoms with Gasteiger partial charge < -0.3 is 5.32 Å². The largest absolute Gasteiger partial charge is 0.310 e. The van der Waals surface area contributed by atoms with Crippen molar-refractivity contribution in [3.8, 4) is 0 Å². The highest BCUT2D eigenvalue weighted by molar-refractivity contribution is 5.28. The predicted octanol–water partition coefficient (Wildman–Crippen LogP) is 4.51. The van der Waals surface area contributed by atoms with Crippen molar-refractivity contribution >= 4 is 0 Å². The number of benzene rings is 1. The monoisotopic (exact) mass is 245 g/mol. The summed E-state index contributed by atoms with van der Waals surface area (Å²) in [5.74, 6) is 2.37. The van der Waals surface area contributed by atoms with Crippen molar-refractivity contribution in [2.24, 2.45) is 11.8 Å². The van der Waals surface area contributed by atoms with E-state index in [1.165, 1.54) is 24.0 Å². The second kappa shape index (κ2) is 5.88. The van der Waals surface area contributed by atoms with Gasteiger partial charge in [-0.2, -0.15) is 0 Å². The molecule has 3 unspecified atom stereocenters. The summed E-state index contributed by atoms with van der Waals surface area (Å²) in [7, 11) is 0. The van der Waals surface area contributed by atoms with Crippen LogP contribution in [0.25, 0.3) is 0 Å². The van der Waals surface area contributed by atoms with Gasteiger partial charge in [0.1, 0.15) is 0 Å². The second-order valence-corrected chi connectivity index (χ2v) is 6.13. The van der Waals surface area contributed by atoms with Gasteiger partial charge in [0.2, 0.25) is 0 Å². The fourth-order valence-electron chi connectivity index (χ4n) is 2.72. The van der Waals surface area contributed by atoms with Crippen LogP contribution in [0.4, 0.5) is 0 Å². The average Bonchev–Trinajstić information content (AvgIpc) is 3.07.